The highest BCUT2D eigenvalue weighted by molar-refractivity contribution is 6.05. The first-order valence-electron chi connectivity index (χ1n) is 11.4. The third-order valence-corrected chi connectivity index (χ3v) is 5.68. The molecule has 1 heterocycles. The molecule has 2 N–H and O–H groups in total. The summed E-state index contributed by atoms with van der Waals surface area (Å²) in [6.07, 6.45) is 0.257. The zero-order valence-electron chi connectivity index (χ0n) is 19.6. The largest absolute Gasteiger partial charge is 0.379 e. The molecule has 0 bridgehead atoms. The van der Waals surface area contributed by atoms with Crippen LogP contribution in [0, 0.1) is 5.82 Å². The number of ether oxygens (including phenoxy) is 1. The van der Waals surface area contributed by atoms with Crippen LogP contribution >= 0.6 is 0 Å². The minimum Gasteiger partial charge on any atom is -0.379 e. The van der Waals surface area contributed by atoms with Gasteiger partial charge in [0, 0.05) is 55.6 Å². The molecule has 0 saturated carbocycles. The second-order valence-corrected chi connectivity index (χ2v) is 8.33. The molecule has 178 valence electrons. The number of carbonyl (C=O) groups excluding carboxylic acids is 2. The number of hydrogen-bond acceptors (Lipinski definition) is 5. The maximum Gasteiger partial charge on any atom is 0.255 e. The second-order valence-electron chi connectivity index (χ2n) is 8.33. The summed E-state index contributed by atoms with van der Waals surface area (Å²) in [6, 6.07) is 11.9. The molecule has 0 aromatic heterocycles. The lowest BCUT2D eigenvalue weighted by atomic mass is 10.1. The Labute approximate surface area is 194 Å². The first kappa shape index (κ1) is 24.7. The van der Waals surface area contributed by atoms with Crippen molar-refractivity contribution in [1.29, 1.82) is 0 Å². The van der Waals surface area contributed by atoms with Gasteiger partial charge >= 0.3 is 0 Å². The summed E-state index contributed by atoms with van der Waals surface area (Å²) in [5.41, 5.74) is 2.00. The molecule has 0 aliphatic carbocycles. The summed E-state index contributed by atoms with van der Waals surface area (Å²) < 4.78 is 19.5. The maximum absolute atomic E-state index is 14.2. The number of benzene rings is 2. The zero-order valence-corrected chi connectivity index (χ0v) is 19.6. The molecule has 1 fully saturated rings. The van der Waals surface area contributed by atoms with Crippen molar-refractivity contribution in [3.05, 3.63) is 53.8 Å². The Bertz CT molecular complexity index is 943. The number of halogens is 1. The Morgan fingerprint density at radius 1 is 1.09 bits per heavy atom. The molecule has 33 heavy (non-hydrogen) atoms. The van der Waals surface area contributed by atoms with Crippen LogP contribution < -0.4 is 15.5 Å². The van der Waals surface area contributed by atoms with Crippen molar-refractivity contribution in [3.63, 3.8) is 0 Å². The summed E-state index contributed by atoms with van der Waals surface area (Å²) in [5, 5.41) is 5.39. The molecule has 0 radical (unpaired) electrons. The topological polar surface area (TPSA) is 73.9 Å². The van der Waals surface area contributed by atoms with E-state index in [4.69, 9.17) is 4.74 Å². The third-order valence-electron chi connectivity index (χ3n) is 5.68. The molecule has 1 saturated heterocycles. The zero-order chi connectivity index (χ0) is 23.8. The second kappa shape index (κ2) is 11.8. The van der Waals surface area contributed by atoms with Gasteiger partial charge in [0.1, 0.15) is 5.82 Å². The molecule has 2 aromatic carbocycles. The number of rotatable bonds is 9. The lowest BCUT2D eigenvalue weighted by molar-refractivity contribution is -0.116. The van der Waals surface area contributed by atoms with Crippen molar-refractivity contribution >= 4 is 28.9 Å². The van der Waals surface area contributed by atoms with Gasteiger partial charge in [0.2, 0.25) is 5.91 Å². The minimum absolute atomic E-state index is 0.0469. The van der Waals surface area contributed by atoms with E-state index in [1.54, 1.807) is 12.1 Å². The van der Waals surface area contributed by atoms with Crippen LogP contribution in [0.4, 0.5) is 21.5 Å². The normalized spacial score (nSPS) is 14.2. The van der Waals surface area contributed by atoms with Crippen molar-refractivity contribution in [1.82, 2.24) is 4.90 Å². The van der Waals surface area contributed by atoms with Crippen LogP contribution in [0.1, 0.15) is 37.6 Å². The summed E-state index contributed by atoms with van der Waals surface area (Å²) in [4.78, 5) is 29.3. The van der Waals surface area contributed by atoms with E-state index in [1.165, 1.54) is 18.2 Å². The SMILES string of the molecule is CCN(c1ccc(C(=O)Nc2ccc(F)c(NC(=O)CCN3CCOCC3)c2)cc1)C(C)C. The Morgan fingerprint density at radius 2 is 1.79 bits per heavy atom. The van der Waals surface area contributed by atoms with E-state index < -0.39 is 5.82 Å². The van der Waals surface area contributed by atoms with Gasteiger partial charge in [-0.2, -0.15) is 0 Å². The minimum atomic E-state index is -0.551. The number of carbonyl (C=O) groups is 2. The summed E-state index contributed by atoms with van der Waals surface area (Å²) >= 11 is 0. The van der Waals surface area contributed by atoms with E-state index in [-0.39, 0.29) is 23.9 Å². The lowest BCUT2D eigenvalue weighted by Crippen LogP contribution is -2.38. The lowest BCUT2D eigenvalue weighted by Gasteiger charge is -2.27. The summed E-state index contributed by atoms with van der Waals surface area (Å²) in [5.74, 6) is -1.12. The quantitative estimate of drug-likeness (QED) is 0.597. The van der Waals surface area contributed by atoms with E-state index >= 15 is 0 Å². The average molecular weight is 457 g/mol. The first-order chi connectivity index (χ1) is 15.9. The maximum atomic E-state index is 14.2. The summed E-state index contributed by atoms with van der Waals surface area (Å²) in [7, 11) is 0. The number of hydrogen-bond donors (Lipinski definition) is 2. The van der Waals surface area contributed by atoms with Crippen LogP contribution in [-0.4, -0.2) is 62.1 Å². The Balaban J connectivity index is 1.59. The highest BCUT2D eigenvalue weighted by Gasteiger charge is 2.15. The van der Waals surface area contributed by atoms with Crippen LogP contribution in [0.5, 0.6) is 0 Å². The number of morpholine rings is 1. The molecule has 0 spiro atoms. The molecule has 0 unspecified atom stereocenters. The van der Waals surface area contributed by atoms with Crippen molar-refractivity contribution < 1.29 is 18.7 Å². The van der Waals surface area contributed by atoms with Gasteiger partial charge in [0.05, 0.1) is 18.9 Å². The number of nitrogens with one attached hydrogen (secondary N) is 2. The number of nitrogens with zero attached hydrogens (tertiary/aromatic N) is 2. The number of anilines is 3. The smallest absolute Gasteiger partial charge is 0.255 e. The fraction of sp³-hybridized carbons (Fsp3) is 0.440. The Hall–Kier alpha value is -2.97. The molecule has 8 heteroatoms. The molecule has 0 atom stereocenters. The van der Waals surface area contributed by atoms with Gasteiger partial charge in [0.25, 0.3) is 5.91 Å². The highest BCUT2D eigenvalue weighted by Crippen LogP contribution is 2.22. The van der Waals surface area contributed by atoms with Gasteiger partial charge in [-0.3, -0.25) is 14.5 Å². The van der Waals surface area contributed by atoms with Gasteiger partial charge in [-0.1, -0.05) is 0 Å². The van der Waals surface area contributed by atoms with Crippen molar-refractivity contribution in [2.45, 2.75) is 33.2 Å². The molecular formula is C25H33FN4O3. The van der Waals surface area contributed by atoms with Gasteiger partial charge in [-0.25, -0.2) is 4.39 Å². The van der Waals surface area contributed by atoms with Crippen molar-refractivity contribution in [2.24, 2.45) is 0 Å². The standard InChI is InChI=1S/C25H33FN4O3/c1-4-30(18(2)3)21-8-5-19(6-9-21)25(32)27-20-7-10-22(26)23(17-20)28-24(31)11-12-29-13-15-33-16-14-29/h5-10,17-18H,4,11-16H2,1-3H3,(H,27,32)(H,28,31). The molecule has 2 aromatic rings. The highest BCUT2D eigenvalue weighted by atomic mass is 19.1. The third kappa shape index (κ3) is 7.00. The van der Waals surface area contributed by atoms with Crippen molar-refractivity contribution in [2.75, 3.05) is 54.9 Å². The van der Waals surface area contributed by atoms with Crippen LogP contribution in [0.3, 0.4) is 0 Å². The first-order valence-corrected chi connectivity index (χ1v) is 11.4. The molecule has 2 amide bonds. The van der Waals surface area contributed by atoms with Crippen LogP contribution in [0.2, 0.25) is 0 Å². The van der Waals surface area contributed by atoms with Gasteiger partial charge in [-0.15, -0.1) is 0 Å². The molecule has 1 aliphatic rings. The average Bonchev–Trinajstić information content (AvgIpc) is 2.81. The van der Waals surface area contributed by atoms with Crippen LogP contribution in [0.25, 0.3) is 0 Å². The van der Waals surface area contributed by atoms with E-state index in [2.05, 4.69) is 41.2 Å². The van der Waals surface area contributed by atoms with Crippen LogP contribution in [-0.2, 0) is 9.53 Å². The van der Waals surface area contributed by atoms with E-state index in [1.807, 2.05) is 12.1 Å². The number of amides is 2. The Morgan fingerprint density at radius 3 is 2.42 bits per heavy atom. The summed E-state index contributed by atoms with van der Waals surface area (Å²) in [6.45, 7) is 10.7. The fourth-order valence-corrected chi connectivity index (χ4v) is 3.85. The van der Waals surface area contributed by atoms with Crippen LogP contribution in [0.15, 0.2) is 42.5 Å². The van der Waals surface area contributed by atoms with E-state index in [9.17, 15) is 14.0 Å². The molecular weight excluding hydrogens is 423 g/mol. The van der Waals surface area contributed by atoms with E-state index in [0.717, 1.165) is 25.3 Å². The van der Waals surface area contributed by atoms with Crippen molar-refractivity contribution in [3.8, 4) is 0 Å². The predicted octanol–water partition coefficient (Wildman–Crippen LogP) is 3.97. The van der Waals surface area contributed by atoms with Gasteiger partial charge in [0.15, 0.2) is 0 Å². The molecule has 7 nitrogen and oxygen atoms in total. The van der Waals surface area contributed by atoms with Gasteiger partial charge in [-0.05, 0) is 63.2 Å². The van der Waals surface area contributed by atoms with E-state index in [0.29, 0.717) is 37.1 Å². The van der Waals surface area contributed by atoms with Gasteiger partial charge < -0.3 is 20.3 Å². The predicted molar refractivity (Wildman–Crippen MR) is 129 cm³/mol. The monoisotopic (exact) mass is 456 g/mol. The molecule has 3 rings (SSSR count). The molecule has 1 aliphatic heterocycles. The fourth-order valence-electron chi connectivity index (χ4n) is 3.85. The Kier molecular flexibility index (Phi) is 8.79.